The van der Waals surface area contributed by atoms with E-state index < -0.39 is 5.97 Å². The maximum absolute atomic E-state index is 13.1. The molecule has 3 aromatic heterocycles. The summed E-state index contributed by atoms with van der Waals surface area (Å²) in [5, 5.41) is 13.7. The highest BCUT2D eigenvalue weighted by Gasteiger charge is 2.29. The zero-order valence-corrected chi connectivity index (χ0v) is 15.3. The molecule has 3 heterocycles. The van der Waals surface area contributed by atoms with Crippen molar-refractivity contribution in [3.8, 4) is 0 Å². The molecule has 8 nitrogen and oxygen atoms in total. The van der Waals surface area contributed by atoms with Gasteiger partial charge in [-0.05, 0) is 38.8 Å². The Kier molecular flexibility index (Phi) is 3.98. The van der Waals surface area contributed by atoms with E-state index in [-0.39, 0.29) is 18.0 Å². The van der Waals surface area contributed by atoms with Crippen molar-refractivity contribution in [2.75, 3.05) is 7.05 Å². The molecule has 1 N–H and O–H groups in total. The number of rotatable bonds is 5. The van der Waals surface area contributed by atoms with Crippen LogP contribution in [0.5, 0.6) is 0 Å². The fraction of sp³-hybridized carbons (Fsp3) is 0.368. The Balaban J connectivity index is 1.66. The third-order valence-corrected chi connectivity index (χ3v) is 4.80. The molecule has 140 valence electrons. The van der Waals surface area contributed by atoms with Crippen molar-refractivity contribution >= 4 is 23.0 Å². The highest BCUT2D eigenvalue weighted by Crippen LogP contribution is 2.40. The Bertz CT molecular complexity index is 1060. The molecule has 0 atom stereocenters. The number of carbonyl (C=O) groups is 2. The normalized spacial score (nSPS) is 13.9. The minimum Gasteiger partial charge on any atom is -0.478 e. The van der Waals surface area contributed by atoms with Gasteiger partial charge in [-0.1, -0.05) is 5.16 Å². The molecule has 0 saturated heterocycles. The van der Waals surface area contributed by atoms with E-state index in [0.717, 1.165) is 18.5 Å². The molecule has 0 bridgehead atoms. The van der Waals surface area contributed by atoms with Crippen LogP contribution >= 0.6 is 0 Å². The second kappa shape index (κ2) is 6.22. The minimum absolute atomic E-state index is 0.100. The molecule has 4 rings (SSSR count). The van der Waals surface area contributed by atoms with Crippen molar-refractivity contribution in [1.29, 1.82) is 0 Å². The number of amides is 1. The molecule has 0 aromatic carbocycles. The van der Waals surface area contributed by atoms with Crippen LogP contribution in [0.15, 0.2) is 21.1 Å². The van der Waals surface area contributed by atoms with Gasteiger partial charge in [0.05, 0.1) is 23.2 Å². The van der Waals surface area contributed by atoms with Crippen molar-refractivity contribution < 1.29 is 23.6 Å². The monoisotopic (exact) mass is 369 g/mol. The van der Waals surface area contributed by atoms with Gasteiger partial charge in [0.1, 0.15) is 17.1 Å². The number of hydrogen-bond acceptors (Lipinski definition) is 6. The number of aromatic carboxylic acids is 1. The van der Waals surface area contributed by atoms with Gasteiger partial charge in [0.25, 0.3) is 11.6 Å². The van der Waals surface area contributed by atoms with E-state index >= 15 is 0 Å². The second-order valence-corrected chi connectivity index (χ2v) is 6.97. The number of furan rings is 1. The lowest BCUT2D eigenvalue weighted by Crippen LogP contribution is -2.26. The third kappa shape index (κ3) is 3.07. The first kappa shape index (κ1) is 17.3. The highest BCUT2D eigenvalue weighted by molar-refractivity contribution is 6.06. The average Bonchev–Trinajstić information content (AvgIpc) is 3.32. The third-order valence-electron chi connectivity index (χ3n) is 4.80. The number of carboxylic acids is 1. The number of pyridine rings is 1. The van der Waals surface area contributed by atoms with Crippen molar-refractivity contribution in [1.82, 2.24) is 15.0 Å². The zero-order valence-electron chi connectivity index (χ0n) is 15.3. The predicted octanol–water partition coefficient (Wildman–Crippen LogP) is 3.28. The first-order valence-corrected chi connectivity index (χ1v) is 8.70. The summed E-state index contributed by atoms with van der Waals surface area (Å²) in [7, 11) is 1.65. The van der Waals surface area contributed by atoms with Crippen LogP contribution in [0.3, 0.4) is 0 Å². The number of fused-ring (bicyclic) bond motifs is 1. The Morgan fingerprint density at radius 3 is 2.63 bits per heavy atom. The Hall–Kier alpha value is -3.16. The van der Waals surface area contributed by atoms with Gasteiger partial charge in [-0.25, -0.2) is 9.78 Å². The molecule has 1 amide bonds. The first-order chi connectivity index (χ1) is 12.8. The molecule has 0 radical (unpaired) electrons. The molecule has 0 aliphatic heterocycles. The fourth-order valence-corrected chi connectivity index (χ4v) is 3.22. The second-order valence-electron chi connectivity index (χ2n) is 6.97. The van der Waals surface area contributed by atoms with Crippen LogP contribution in [0.1, 0.15) is 62.4 Å². The summed E-state index contributed by atoms with van der Waals surface area (Å²) < 4.78 is 10.8. The number of carbonyl (C=O) groups excluding carboxylic acids is 1. The summed E-state index contributed by atoms with van der Waals surface area (Å²) >= 11 is 0. The van der Waals surface area contributed by atoms with E-state index in [9.17, 15) is 9.59 Å². The number of aromatic nitrogens is 2. The number of hydrogen-bond donors (Lipinski definition) is 1. The van der Waals surface area contributed by atoms with Gasteiger partial charge in [0, 0.05) is 18.7 Å². The molecule has 1 saturated carbocycles. The minimum atomic E-state index is -1.05. The van der Waals surface area contributed by atoms with E-state index in [1.807, 2.05) is 6.07 Å². The first-order valence-electron chi connectivity index (χ1n) is 8.70. The molecular weight excluding hydrogens is 350 g/mol. The van der Waals surface area contributed by atoms with E-state index in [0.29, 0.717) is 39.8 Å². The molecule has 1 aliphatic carbocycles. The Morgan fingerprint density at radius 1 is 1.26 bits per heavy atom. The zero-order chi connectivity index (χ0) is 19.3. The summed E-state index contributed by atoms with van der Waals surface area (Å²) in [6.07, 6.45) is 2.11. The number of nitrogens with zero attached hydrogens (tertiary/aromatic N) is 3. The summed E-state index contributed by atoms with van der Waals surface area (Å²) in [4.78, 5) is 30.3. The molecule has 1 fully saturated rings. The van der Waals surface area contributed by atoms with Crippen molar-refractivity contribution in [2.24, 2.45) is 0 Å². The molecule has 1 aliphatic rings. The standard InChI is InChI=1S/C19H19N3O5/c1-9-16-14(7-15(11-4-5-11)20-17(16)27-21-9)18(23)22(3)8-12-6-13(19(24)25)10(2)26-12/h6-7,11H,4-5,8H2,1-3H3,(H,24,25). The van der Waals surface area contributed by atoms with E-state index in [2.05, 4.69) is 10.1 Å². The van der Waals surface area contributed by atoms with Gasteiger partial charge in [-0.15, -0.1) is 0 Å². The van der Waals surface area contributed by atoms with E-state index in [4.69, 9.17) is 14.0 Å². The van der Waals surface area contributed by atoms with Crippen LogP contribution in [0, 0.1) is 13.8 Å². The Labute approximate surface area is 154 Å². The van der Waals surface area contributed by atoms with Gasteiger partial charge >= 0.3 is 5.97 Å². The Morgan fingerprint density at radius 2 is 2.00 bits per heavy atom. The molecule has 8 heteroatoms. The van der Waals surface area contributed by atoms with Crippen molar-refractivity contribution in [2.45, 2.75) is 39.2 Å². The van der Waals surface area contributed by atoms with Gasteiger partial charge in [-0.2, -0.15) is 0 Å². The number of carboxylic acid groups (broad SMARTS) is 1. The van der Waals surface area contributed by atoms with Crippen LogP contribution in [-0.2, 0) is 6.54 Å². The van der Waals surface area contributed by atoms with Crippen LogP contribution in [0.4, 0.5) is 0 Å². The quantitative estimate of drug-likeness (QED) is 0.735. The fourth-order valence-electron chi connectivity index (χ4n) is 3.22. The SMILES string of the molecule is Cc1oc(CN(C)C(=O)c2cc(C3CC3)nc3onc(C)c23)cc1C(=O)O. The topological polar surface area (TPSA) is 110 Å². The largest absolute Gasteiger partial charge is 0.478 e. The van der Waals surface area contributed by atoms with E-state index in [1.165, 1.54) is 11.0 Å². The van der Waals surface area contributed by atoms with Crippen molar-refractivity contribution in [3.05, 3.63) is 46.2 Å². The summed E-state index contributed by atoms with van der Waals surface area (Å²) in [6, 6.07) is 3.27. The van der Waals surface area contributed by atoms with Gasteiger partial charge < -0.3 is 18.9 Å². The van der Waals surface area contributed by atoms with Gasteiger partial charge in [0.15, 0.2) is 0 Å². The van der Waals surface area contributed by atoms with Crippen LogP contribution in [0.25, 0.3) is 11.1 Å². The van der Waals surface area contributed by atoms with Crippen LogP contribution in [-0.4, -0.2) is 39.1 Å². The van der Waals surface area contributed by atoms with Gasteiger partial charge in [-0.3, -0.25) is 4.79 Å². The highest BCUT2D eigenvalue weighted by atomic mass is 16.5. The maximum atomic E-state index is 13.1. The predicted molar refractivity (Wildman–Crippen MR) is 94.7 cm³/mol. The smallest absolute Gasteiger partial charge is 0.339 e. The molecule has 0 spiro atoms. The van der Waals surface area contributed by atoms with Crippen molar-refractivity contribution in [3.63, 3.8) is 0 Å². The maximum Gasteiger partial charge on any atom is 0.339 e. The van der Waals surface area contributed by atoms with E-state index in [1.54, 1.807) is 20.9 Å². The summed E-state index contributed by atoms with van der Waals surface area (Å²) in [5.74, 6) is -0.184. The molecule has 0 unspecified atom stereocenters. The average molecular weight is 369 g/mol. The number of aryl methyl sites for hydroxylation is 2. The molecule has 27 heavy (non-hydrogen) atoms. The molecular formula is C19H19N3O5. The molecule has 3 aromatic rings. The lowest BCUT2D eigenvalue weighted by atomic mass is 10.1. The van der Waals surface area contributed by atoms with Gasteiger partial charge in [0.2, 0.25) is 0 Å². The van der Waals surface area contributed by atoms with Crippen LogP contribution in [0.2, 0.25) is 0 Å². The summed E-state index contributed by atoms with van der Waals surface area (Å²) in [5.41, 5.74) is 2.42. The lowest BCUT2D eigenvalue weighted by Gasteiger charge is -2.16. The summed E-state index contributed by atoms with van der Waals surface area (Å²) in [6.45, 7) is 3.51. The van der Waals surface area contributed by atoms with Crippen LogP contribution < -0.4 is 0 Å². The lowest BCUT2D eigenvalue weighted by molar-refractivity contribution is 0.0694.